The van der Waals surface area contributed by atoms with E-state index < -0.39 is 10.8 Å². The van der Waals surface area contributed by atoms with Crippen molar-refractivity contribution in [3.8, 4) is 22.3 Å². The lowest BCUT2D eigenvalue weighted by atomic mass is 9.85. The fourth-order valence-electron chi connectivity index (χ4n) is 6.89. The van der Waals surface area contributed by atoms with Gasteiger partial charge in [-0.15, -0.1) is 0 Å². The van der Waals surface area contributed by atoms with Gasteiger partial charge < -0.3 is 10.2 Å². The number of carbonyl (C=O) groups is 4. The smallest absolute Gasteiger partial charge is 0.273 e. The van der Waals surface area contributed by atoms with E-state index in [4.69, 9.17) is 0 Å². The summed E-state index contributed by atoms with van der Waals surface area (Å²) >= 11 is 0. The number of benzene rings is 2. The molecule has 0 radical (unpaired) electrons. The molecule has 6 heterocycles. The van der Waals surface area contributed by atoms with Crippen molar-refractivity contribution < 1.29 is 19.2 Å². The van der Waals surface area contributed by atoms with Gasteiger partial charge in [-0.1, -0.05) is 24.3 Å². The highest BCUT2D eigenvalue weighted by Gasteiger charge is 2.46. The highest BCUT2D eigenvalue weighted by molar-refractivity contribution is 6.13. The first-order chi connectivity index (χ1) is 28.0. The van der Waals surface area contributed by atoms with Crippen LogP contribution in [0.5, 0.6) is 0 Å². The number of carbonyl (C=O) groups excluding carboxylic acids is 4. The second kappa shape index (κ2) is 15.2. The third-order valence-electron chi connectivity index (χ3n) is 10.3. The first kappa shape index (κ1) is 39.9. The molecule has 16 heteroatoms. The van der Waals surface area contributed by atoms with Gasteiger partial charge in [0.2, 0.25) is 11.8 Å². The molecule has 16 nitrogen and oxygen atoms in total. The van der Waals surface area contributed by atoms with E-state index in [1.54, 1.807) is 38.9 Å². The number of aryl methyl sites for hydroxylation is 2. The van der Waals surface area contributed by atoms with E-state index in [-0.39, 0.29) is 35.0 Å². The molecule has 0 saturated carbocycles. The number of fused-ring (bicyclic) bond motifs is 2. The van der Waals surface area contributed by atoms with Crippen molar-refractivity contribution in [2.75, 3.05) is 30.9 Å². The summed E-state index contributed by atoms with van der Waals surface area (Å²) < 4.78 is 0. The van der Waals surface area contributed by atoms with Gasteiger partial charge in [0.05, 0.1) is 47.0 Å². The Hall–Kier alpha value is -7.36. The van der Waals surface area contributed by atoms with Crippen LogP contribution in [0.3, 0.4) is 0 Å². The molecule has 4 amide bonds. The van der Waals surface area contributed by atoms with Crippen LogP contribution in [0.25, 0.3) is 22.3 Å². The third-order valence-corrected chi connectivity index (χ3v) is 10.3. The van der Waals surface area contributed by atoms with Gasteiger partial charge in [-0.3, -0.25) is 38.9 Å². The normalized spacial score (nSPS) is 14.6. The highest BCUT2D eigenvalue weighted by atomic mass is 16.2. The number of rotatable bonds is 6. The molecule has 1 N–H and O–H groups in total. The van der Waals surface area contributed by atoms with Gasteiger partial charge in [-0.05, 0) is 75.9 Å². The Balaban J connectivity index is 0.000000179. The monoisotopic (exact) mass is 790 g/mol. The van der Waals surface area contributed by atoms with Gasteiger partial charge >= 0.3 is 0 Å². The molecule has 4 aromatic heterocycles. The van der Waals surface area contributed by atoms with Crippen molar-refractivity contribution in [2.24, 2.45) is 0 Å². The SMILES string of the molecule is CNC(=O)c1cncc(N2C(=O)C(C)(C)c3ccc(-c4cnc(C)nc4)cc32)n1.Cc1ncc(-c2ccc3c(c2)N(c2cncc(C(=O)N(C)C)n2)C(=O)C3(C)C)cn1. The minimum absolute atomic E-state index is 0.126. The molecule has 0 spiro atoms. The summed E-state index contributed by atoms with van der Waals surface area (Å²) in [5.74, 6) is 1.10. The molecule has 59 heavy (non-hydrogen) atoms. The van der Waals surface area contributed by atoms with Crippen molar-refractivity contribution in [3.63, 3.8) is 0 Å². The van der Waals surface area contributed by atoms with Crippen LogP contribution < -0.4 is 15.1 Å². The molecule has 2 aliphatic heterocycles. The Morgan fingerprint density at radius 1 is 0.593 bits per heavy atom. The number of hydrogen-bond acceptors (Lipinski definition) is 12. The van der Waals surface area contributed by atoms with E-state index in [0.717, 1.165) is 33.4 Å². The summed E-state index contributed by atoms with van der Waals surface area (Å²) in [4.78, 5) is 89.5. The van der Waals surface area contributed by atoms with E-state index in [1.165, 1.54) is 46.5 Å². The Morgan fingerprint density at radius 2 is 1.00 bits per heavy atom. The number of anilines is 4. The van der Waals surface area contributed by atoms with Crippen LogP contribution in [0.1, 0.15) is 71.4 Å². The Labute approximate surface area is 340 Å². The largest absolute Gasteiger partial charge is 0.354 e. The molecule has 0 aliphatic carbocycles. The van der Waals surface area contributed by atoms with Gasteiger partial charge in [0.25, 0.3) is 11.8 Å². The zero-order chi connectivity index (χ0) is 42.4. The summed E-state index contributed by atoms with van der Waals surface area (Å²) in [5.41, 5.74) is 5.52. The third kappa shape index (κ3) is 7.24. The maximum atomic E-state index is 13.3. The second-order valence-electron chi connectivity index (χ2n) is 15.3. The van der Waals surface area contributed by atoms with Crippen LogP contribution in [0.4, 0.5) is 23.0 Å². The number of amides is 4. The second-order valence-corrected chi connectivity index (χ2v) is 15.3. The van der Waals surface area contributed by atoms with Crippen molar-refractivity contribution in [2.45, 2.75) is 52.4 Å². The fraction of sp³-hybridized carbons (Fsp3) is 0.256. The minimum atomic E-state index is -0.735. The Bertz CT molecular complexity index is 2640. The van der Waals surface area contributed by atoms with E-state index in [9.17, 15) is 19.2 Å². The van der Waals surface area contributed by atoms with Gasteiger partial charge in [0.1, 0.15) is 23.0 Å². The zero-order valence-corrected chi connectivity index (χ0v) is 34.1. The quantitative estimate of drug-likeness (QED) is 0.224. The van der Waals surface area contributed by atoms with Crippen molar-refractivity contribution in [3.05, 3.63) is 120 Å². The Kier molecular flexibility index (Phi) is 10.3. The number of nitrogens with one attached hydrogen (secondary N) is 1. The van der Waals surface area contributed by atoms with Crippen LogP contribution in [0.2, 0.25) is 0 Å². The van der Waals surface area contributed by atoms with Crippen LogP contribution in [-0.4, -0.2) is 89.5 Å². The van der Waals surface area contributed by atoms with E-state index in [2.05, 4.69) is 45.2 Å². The molecule has 0 fully saturated rings. The number of nitrogens with zero attached hydrogens (tertiary/aromatic N) is 11. The van der Waals surface area contributed by atoms with Crippen LogP contribution in [-0.2, 0) is 20.4 Å². The topological polar surface area (TPSA) is 193 Å². The van der Waals surface area contributed by atoms with Gasteiger partial charge in [0, 0.05) is 57.1 Å². The van der Waals surface area contributed by atoms with E-state index in [1.807, 2.05) is 77.9 Å². The summed E-state index contributed by atoms with van der Waals surface area (Å²) in [7, 11) is 4.81. The fourth-order valence-corrected chi connectivity index (χ4v) is 6.89. The summed E-state index contributed by atoms with van der Waals surface area (Å²) in [6.45, 7) is 11.2. The summed E-state index contributed by atoms with van der Waals surface area (Å²) in [5, 5.41) is 2.52. The molecular formula is C43H42N12O4. The van der Waals surface area contributed by atoms with Gasteiger partial charge in [-0.2, -0.15) is 0 Å². The average molecular weight is 791 g/mol. The zero-order valence-electron chi connectivity index (χ0n) is 34.1. The highest BCUT2D eigenvalue weighted by Crippen LogP contribution is 2.47. The maximum absolute atomic E-state index is 13.3. The van der Waals surface area contributed by atoms with E-state index >= 15 is 0 Å². The van der Waals surface area contributed by atoms with Gasteiger partial charge in [0.15, 0.2) is 11.6 Å². The molecular weight excluding hydrogens is 749 g/mol. The lowest BCUT2D eigenvalue weighted by Crippen LogP contribution is -2.34. The van der Waals surface area contributed by atoms with Crippen LogP contribution in [0, 0.1) is 13.8 Å². The first-order valence-electron chi connectivity index (χ1n) is 18.7. The van der Waals surface area contributed by atoms with Crippen molar-refractivity contribution in [1.29, 1.82) is 0 Å². The number of aromatic nitrogens is 8. The average Bonchev–Trinajstić information content (AvgIpc) is 3.56. The first-order valence-corrected chi connectivity index (χ1v) is 18.7. The molecule has 8 rings (SSSR count). The molecule has 0 saturated heterocycles. The lowest BCUT2D eigenvalue weighted by molar-refractivity contribution is -0.122. The predicted molar refractivity (Wildman–Crippen MR) is 220 cm³/mol. The molecule has 0 bridgehead atoms. The lowest BCUT2D eigenvalue weighted by Gasteiger charge is -2.20. The standard InChI is InChI=1S/C22H22N6O2.C21H20N6O2/c1-13-24-9-15(10-25-13)14-6-7-16-18(8-14)28(21(30)22(16,2)3)19-12-23-11-17(26-19)20(29)27(4)5;1-12-24-8-14(9-25-12)13-5-6-15-17(7-13)27(20(29)21(15,2)3)18-11-23-10-16(26-18)19(28)22-4/h6-12H,1-5H3;5-11H,1-4H3,(H,22,28). The molecule has 2 aliphatic rings. The number of hydrogen-bond donors (Lipinski definition) is 1. The van der Waals surface area contributed by atoms with Crippen molar-refractivity contribution >= 4 is 46.6 Å². The maximum Gasteiger partial charge on any atom is 0.273 e. The predicted octanol–water partition coefficient (Wildman–Crippen LogP) is 5.46. The summed E-state index contributed by atoms with van der Waals surface area (Å²) in [6.07, 6.45) is 12.8. The molecule has 2 aromatic carbocycles. The molecule has 6 aromatic rings. The van der Waals surface area contributed by atoms with E-state index in [0.29, 0.717) is 34.7 Å². The van der Waals surface area contributed by atoms with Crippen LogP contribution >= 0.6 is 0 Å². The Morgan fingerprint density at radius 3 is 1.41 bits per heavy atom. The molecule has 0 unspecified atom stereocenters. The minimum Gasteiger partial charge on any atom is -0.354 e. The van der Waals surface area contributed by atoms with Crippen molar-refractivity contribution in [1.82, 2.24) is 50.1 Å². The van der Waals surface area contributed by atoms with Crippen LogP contribution in [0.15, 0.2) is 86.0 Å². The summed E-state index contributed by atoms with van der Waals surface area (Å²) in [6, 6.07) is 11.7. The molecule has 0 atom stereocenters. The van der Waals surface area contributed by atoms with Gasteiger partial charge in [-0.25, -0.2) is 29.9 Å². The molecule has 298 valence electrons.